The SMILES string of the molecule is COC(=O)c1ccc(OCCCI)cc1. The molecule has 0 saturated heterocycles. The van der Waals surface area contributed by atoms with Crippen LogP contribution < -0.4 is 4.74 Å². The van der Waals surface area contributed by atoms with Gasteiger partial charge in [0.15, 0.2) is 0 Å². The number of benzene rings is 1. The predicted octanol–water partition coefficient (Wildman–Crippen LogP) is 2.68. The van der Waals surface area contributed by atoms with Gasteiger partial charge in [0.05, 0.1) is 19.3 Å². The van der Waals surface area contributed by atoms with Crippen molar-refractivity contribution in [2.24, 2.45) is 0 Å². The number of hydrogen-bond donors (Lipinski definition) is 0. The van der Waals surface area contributed by atoms with Gasteiger partial charge in [-0.2, -0.15) is 0 Å². The minimum atomic E-state index is -0.325. The van der Waals surface area contributed by atoms with E-state index < -0.39 is 0 Å². The molecular weight excluding hydrogens is 307 g/mol. The highest BCUT2D eigenvalue weighted by atomic mass is 127. The van der Waals surface area contributed by atoms with Gasteiger partial charge in [-0.05, 0) is 30.7 Å². The lowest BCUT2D eigenvalue weighted by Gasteiger charge is -2.05. The molecule has 0 aliphatic heterocycles. The standard InChI is InChI=1S/C11H13IO3/c1-14-11(13)9-3-5-10(6-4-9)15-8-2-7-12/h3-6H,2,7-8H2,1H3. The minimum Gasteiger partial charge on any atom is -0.494 e. The van der Waals surface area contributed by atoms with Gasteiger partial charge < -0.3 is 9.47 Å². The second-order valence-corrected chi connectivity index (χ2v) is 3.99. The molecule has 1 aromatic carbocycles. The summed E-state index contributed by atoms with van der Waals surface area (Å²) in [4.78, 5) is 11.1. The predicted molar refractivity (Wildman–Crippen MR) is 66.8 cm³/mol. The van der Waals surface area contributed by atoms with Crippen LogP contribution >= 0.6 is 22.6 Å². The van der Waals surface area contributed by atoms with E-state index in [4.69, 9.17) is 4.74 Å². The van der Waals surface area contributed by atoms with Crippen molar-refractivity contribution in [3.63, 3.8) is 0 Å². The van der Waals surface area contributed by atoms with E-state index in [1.807, 2.05) is 0 Å². The molecule has 82 valence electrons. The monoisotopic (exact) mass is 320 g/mol. The number of ether oxygens (including phenoxy) is 2. The molecule has 0 aliphatic rings. The second-order valence-electron chi connectivity index (χ2n) is 2.91. The first-order valence-electron chi connectivity index (χ1n) is 4.65. The van der Waals surface area contributed by atoms with Gasteiger partial charge in [0.2, 0.25) is 0 Å². The van der Waals surface area contributed by atoms with Crippen molar-refractivity contribution in [2.45, 2.75) is 6.42 Å². The van der Waals surface area contributed by atoms with Crippen molar-refractivity contribution >= 4 is 28.6 Å². The van der Waals surface area contributed by atoms with E-state index >= 15 is 0 Å². The van der Waals surface area contributed by atoms with Gasteiger partial charge in [-0.15, -0.1) is 0 Å². The largest absolute Gasteiger partial charge is 0.494 e. The van der Waals surface area contributed by atoms with Crippen LogP contribution in [0.15, 0.2) is 24.3 Å². The van der Waals surface area contributed by atoms with Gasteiger partial charge in [-0.25, -0.2) is 4.79 Å². The summed E-state index contributed by atoms with van der Waals surface area (Å²) in [5.41, 5.74) is 0.541. The van der Waals surface area contributed by atoms with Gasteiger partial charge in [-0.1, -0.05) is 22.6 Å². The van der Waals surface area contributed by atoms with Gasteiger partial charge >= 0.3 is 5.97 Å². The maximum absolute atomic E-state index is 11.1. The number of carbonyl (C=O) groups is 1. The van der Waals surface area contributed by atoms with E-state index in [0.717, 1.165) is 16.6 Å². The molecule has 1 aromatic rings. The summed E-state index contributed by atoms with van der Waals surface area (Å²) in [6.45, 7) is 0.709. The van der Waals surface area contributed by atoms with Crippen LogP contribution in [0.3, 0.4) is 0 Å². The highest BCUT2D eigenvalue weighted by Crippen LogP contribution is 2.13. The molecule has 0 fully saturated rings. The maximum Gasteiger partial charge on any atom is 0.337 e. The number of methoxy groups -OCH3 is 1. The Bertz CT molecular complexity index is 308. The fourth-order valence-electron chi connectivity index (χ4n) is 1.05. The van der Waals surface area contributed by atoms with Crippen LogP contribution in [0.2, 0.25) is 0 Å². The molecule has 4 heteroatoms. The van der Waals surface area contributed by atoms with Crippen LogP contribution in [-0.4, -0.2) is 24.1 Å². The Hall–Kier alpha value is -0.780. The third-order valence-corrected chi connectivity index (χ3v) is 2.58. The molecular formula is C11H13IO3. The third-order valence-electron chi connectivity index (χ3n) is 1.82. The first-order valence-corrected chi connectivity index (χ1v) is 6.17. The van der Waals surface area contributed by atoms with Crippen molar-refractivity contribution in [1.29, 1.82) is 0 Å². The fraction of sp³-hybridized carbons (Fsp3) is 0.364. The maximum atomic E-state index is 11.1. The third kappa shape index (κ3) is 4.07. The molecule has 0 N–H and O–H groups in total. The molecule has 0 aliphatic carbocycles. The van der Waals surface area contributed by atoms with Crippen molar-refractivity contribution in [3.8, 4) is 5.75 Å². The van der Waals surface area contributed by atoms with Crippen molar-refractivity contribution in [3.05, 3.63) is 29.8 Å². The first kappa shape index (κ1) is 12.3. The molecule has 0 radical (unpaired) electrons. The highest BCUT2D eigenvalue weighted by molar-refractivity contribution is 14.1. The van der Waals surface area contributed by atoms with E-state index in [9.17, 15) is 4.79 Å². The molecule has 0 aromatic heterocycles. The molecule has 3 nitrogen and oxygen atoms in total. The quantitative estimate of drug-likeness (QED) is 0.362. The number of rotatable bonds is 5. The minimum absolute atomic E-state index is 0.325. The number of halogens is 1. The van der Waals surface area contributed by atoms with Crippen LogP contribution in [0.25, 0.3) is 0 Å². The lowest BCUT2D eigenvalue weighted by atomic mass is 10.2. The van der Waals surface area contributed by atoms with Crippen LogP contribution in [0.1, 0.15) is 16.8 Å². The zero-order valence-electron chi connectivity index (χ0n) is 8.53. The fourth-order valence-corrected chi connectivity index (χ4v) is 1.36. The Morgan fingerprint density at radius 3 is 2.53 bits per heavy atom. The molecule has 0 heterocycles. The smallest absolute Gasteiger partial charge is 0.337 e. The Morgan fingerprint density at radius 2 is 2.00 bits per heavy atom. The summed E-state index contributed by atoms with van der Waals surface area (Å²) in [5, 5.41) is 0. The summed E-state index contributed by atoms with van der Waals surface area (Å²) in [5.74, 6) is 0.460. The normalized spacial score (nSPS) is 9.73. The Morgan fingerprint density at radius 1 is 1.33 bits per heavy atom. The molecule has 0 saturated carbocycles. The number of alkyl halides is 1. The van der Waals surface area contributed by atoms with Gasteiger partial charge in [-0.3, -0.25) is 0 Å². The molecule has 0 spiro atoms. The van der Waals surface area contributed by atoms with Crippen LogP contribution in [0, 0.1) is 0 Å². The molecule has 0 bridgehead atoms. The van der Waals surface area contributed by atoms with Crippen molar-refractivity contribution in [1.82, 2.24) is 0 Å². The first-order chi connectivity index (χ1) is 7.27. The molecule has 0 unspecified atom stereocenters. The van der Waals surface area contributed by atoms with Crippen LogP contribution in [-0.2, 0) is 4.74 Å². The van der Waals surface area contributed by atoms with Gasteiger partial charge in [0.1, 0.15) is 5.75 Å². The summed E-state index contributed by atoms with van der Waals surface area (Å²) in [7, 11) is 1.37. The molecule has 1 rings (SSSR count). The molecule has 0 amide bonds. The van der Waals surface area contributed by atoms with E-state index in [0.29, 0.717) is 12.2 Å². The van der Waals surface area contributed by atoms with E-state index in [-0.39, 0.29) is 5.97 Å². The van der Waals surface area contributed by atoms with Crippen LogP contribution in [0.4, 0.5) is 0 Å². The average Bonchev–Trinajstić information content (AvgIpc) is 2.29. The van der Waals surface area contributed by atoms with E-state index in [1.165, 1.54) is 7.11 Å². The summed E-state index contributed by atoms with van der Waals surface area (Å²) >= 11 is 2.31. The topological polar surface area (TPSA) is 35.5 Å². The zero-order chi connectivity index (χ0) is 11.1. The number of hydrogen-bond acceptors (Lipinski definition) is 3. The van der Waals surface area contributed by atoms with Crippen molar-refractivity contribution in [2.75, 3.05) is 18.1 Å². The summed E-state index contributed by atoms with van der Waals surface area (Å²) in [6, 6.07) is 6.95. The Kier molecular flexibility index (Phi) is 5.45. The molecule has 15 heavy (non-hydrogen) atoms. The highest BCUT2D eigenvalue weighted by Gasteiger charge is 2.04. The Labute approximate surface area is 103 Å². The Balaban J connectivity index is 2.52. The van der Waals surface area contributed by atoms with E-state index in [1.54, 1.807) is 24.3 Å². The lowest BCUT2D eigenvalue weighted by Crippen LogP contribution is -2.01. The van der Waals surface area contributed by atoms with Crippen LogP contribution in [0.5, 0.6) is 5.75 Å². The molecule has 0 atom stereocenters. The average molecular weight is 320 g/mol. The zero-order valence-corrected chi connectivity index (χ0v) is 10.7. The number of carbonyl (C=O) groups excluding carboxylic acids is 1. The van der Waals surface area contributed by atoms with E-state index in [2.05, 4.69) is 27.3 Å². The second kappa shape index (κ2) is 6.66. The lowest BCUT2D eigenvalue weighted by molar-refractivity contribution is 0.0600. The van der Waals surface area contributed by atoms with Crippen molar-refractivity contribution < 1.29 is 14.3 Å². The van der Waals surface area contributed by atoms with Gasteiger partial charge in [0, 0.05) is 4.43 Å². The van der Waals surface area contributed by atoms with Gasteiger partial charge in [0.25, 0.3) is 0 Å². The summed E-state index contributed by atoms with van der Waals surface area (Å²) in [6.07, 6.45) is 1.03. The summed E-state index contributed by atoms with van der Waals surface area (Å²) < 4.78 is 11.1. The number of esters is 1.